The third-order valence-corrected chi connectivity index (χ3v) is 7.67. The van der Waals surface area contributed by atoms with Crippen LogP contribution in [-0.2, 0) is 9.47 Å². The molecule has 1 saturated heterocycles. The molecule has 42 heavy (non-hydrogen) atoms. The number of anilines is 1. The van der Waals surface area contributed by atoms with Gasteiger partial charge in [-0.15, -0.1) is 11.3 Å². The van der Waals surface area contributed by atoms with Crippen molar-refractivity contribution in [2.75, 3.05) is 32.8 Å². The molecule has 5 aromatic rings. The first-order chi connectivity index (χ1) is 20.4. The van der Waals surface area contributed by atoms with Crippen LogP contribution >= 0.6 is 11.3 Å². The first-order valence-corrected chi connectivity index (χ1v) is 13.9. The predicted molar refractivity (Wildman–Crippen MR) is 154 cm³/mol. The lowest BCUT2D eigenvalue weighted by atomic mass is 10.1. The van der Waals surface area contributed by atoms with Crippen molar-refractivity contribution in [1.29, 1.82) is 0 Å². The molecule has 0 unspecified atom stereocenters. The van der Waals surface area contributed by atoms with E-state index in [0.717, 1.165) is 15.8 Å². The molecule has 2 aromatic carbocycles. The maximum atomic E-state index is 15.3. The fourth-order valence-electron chi connectivity index (χ4n) is 4.60. The quantitative estimate of drug-likeness (QED) is 0.257. The van der Waals surface area contributed by atoms with E-state index in [9.17, 15) is 4.79 Å². The first kappa shape index (κ1) is 27.5. The molecule has 1 amide bonds. The van der Waals surface area contributed by atoms with Gasteiger partial charge < -0.3 is 23.7 Å². The standard InChI is InChI=1S/C29H26FN5O6S/c1-15-8-17(27-20(9-15)34-26(38-3)13-32-27)28-35-19-10-18(30)22(11-24(19)42-28)40-23-14-39-7-6-21(23)41-29(36)33-16-4-5-25(37-2)31-12-16/h4-5,8-13,21,23H,6-7,14H2,1-3H3,(H,33,36)/t21-,23+/m0/s1. The number of fused-ring (bicyclic) bond motifs is 2. The number of aromatic nitrogens is 4. The molecule has 216 valence electrons. The number of methoxy groups -OCH3 is 2. The Morgan fingerprint density at radius 2 is 1.88 bits per heavy atom. The third-order valence-electron chi connectivity index (χ3n) is 6.62. The average molecular weight is 592 g/mol. The average Bonchev–Trinajstić information content (AvgIpc) is 3.40. The maximum absolute atomic E-state index is 15.3. The minimum atomic E-state index is -0.719. The van der Waals surface area contributed by atoms with Crippen molar-refractivity contribution < 1.29 is 32.9 Å². The molecule has 1 N–H and O–H groups in total. The predicted octanol–water partition coefficient (Wildman–Crippen LogP) is 5.55. The highest BCUT2D eigenvalue weighted by Crippen LogP contribution is 2.37. The lowest BCUT2D eigenvalue weighted by Crippen LogP contribution is -2.44. The number of pyridine rings is 1. The maximum Gasteiger partial charge on any atom is 0.412 e. The van der Waals surface area contributed by atoms with Crippen LogP contribution in [0.5, 0.6) is 17.5 Å². The molecule has 3 aromatic heterocycles. The number of hydrogen-bond acceptors (Lipinski definition) is 11. The summed E-state index contributed by atoms with van der Waals surface area (Å²) in [5.41, 5.74) is 4.03. The summed E-state index contributed by atoms with van der Waals surface area (Å²) in [6, 6.07) is 10.1. The minimum absolute atomic E-state index is 0.0141. The van der Waals surface area contributed by atoms with Crippen molar-refractivity contribution in [2.45, 2.75) is 25.6 Å². The normalized spacial score (nSPS) is 16.8. The van der Waals surface area contributed by atoms with Crippen molar-refractivity contribution in [2.24, 2.45) is 0 Å². The number of aryl methyl sites for hydroxylation is 1. The molecular formula is C29H26FN5O6S. The van der Waals surface area contributed by atoms with Gasteiger partial charge in [0.1, 0.15) is 11.1 Å². The van der Waals surface area contributed by atoms with Gasteiger partial charge in [0.15, 0.2) is 17.7 Å². The van der Waals surface area contributed by atoms with E-state index in [4.69, 9.17) is 23.7 Å². The Hall–Kier alpha value is -4.62. The topological polar surface area (TPSA) is 127 Å². The Bertz CT molecular complexity index is 1770. The van der Waals surface area contributed by atoms with Gasteiger partial charge in [-0.1, -0.05) is 0 Å². The van der Waals surface area contributed by atoms with E-state index < -0.39 is 24.1 Å². The second kappa shape index (κ2) is 11.7. The monoisotopic (exact) mass is 591 g/mol. The summed E-state index contributed by atoms with van der Waals surface area (Å²) >= 11 is 1.39. The molecule has 1 fully saturated rings. The lowest BCUT2D eigenvalue weighted by molar-refractivity contribution is -0.0763. The highest BCUT2D eigenvalue weighted by atomic mass is 32.1. The molecular weight excluding hydrogens is 565 g/mol. The fourth-order valence-corrected chi connectivity index (χ4v) is 5.60. The van der Waals surface area contributed by atoms with Crippen molar-refractivity contribution in [3.05, 3.63) is 60.2 Å². The van der Waals surface area contributed by atoms with E-state index in [2.05, 4.69) is 25.3 Å². The molecule has 0 radical (unpaired) electrons. The number of carbonyl (C=O) groups excluding carboxylic acids is 1. The van der Waals surface area contributed by atoms with Gasteiger partial charge in [-0.2, -0.15) is 0 Å². The van der Waals surface area contributed by atoms with Crippen LogP contribution in [0.25, 0.3) is 31.8 Å². The Labute approximate surface area is 243 Å². The van der Waals surface area contributed by atoms with Gasteiger partial charge in [0.25, 0.3) is 0 Å². The summed E-state index contributed by atoms with van der Waals surface area (Å²) in [5, 5.41) is 3.30. The molecule has 6 rings (SSSR count). The second-order valence-electron chi connectivity index (χ2n) is 9.54. The number of carbonyl (C=O) groups is 1. The number of rotatable bonds is 7. The van der Waals surface area contributed by atoms with E-state index in [0.29, 0.717) is 52.0 Å². The van der Waals surface area contributed by atoms with Gasteiger partial charge in [0.05, 0.1) is 66.8 Å². The first-order valence-electron chi connectivity index (χ1n) is 13.0. The molecule has 0 saturated carbocycles. The van der Waals surface area contributed by atoms with Crippen molar-refractivity contribution in [3.63, 3.8) is 0 Å². The summed E-state index contributed by atoms with van der Waals surface area (Å²) in [7, 11) is 3.04. The number of nitrogens with one attached hydrogen (secondary N) is 1. The molecule has 0 bridgehead atoms. The molecule has 4 heterocycles. The zero-order valence-electron chi connectivity index (χ0n) is 22.9. The van der Waals surface area contributed by atoms with E-state index >= 15 is 4.39 Å². The smallest absolute Gasteiger partial charge is 0.412 e. The Balaban J connectivity index is 1.22. The van der Waals surface area contributed by atoms with Gasteiger partial charge in [0.2, 0.25) is 11.8 Å². The third kappa shape index (κ3) is 5.74. The van der Waals surface area contributed by atoms with Crippen LogP contribution in [0.3, 0.4) is 0 Å². The number of hydrogen-bond donors (Lipinski definition) is 1. The van der Waals surface area contributed by atoms with Crippen LogP contribution in [0.1, 0.15) is 12.0 Å². The highest BCUT2D eigenvalue weighted by molar-refractivity contribution is 7.21. The molecule has 1 aliphatic rings. The molecule has 11 nitrogen and oxygen atoms in total. The zero-order chi connectivity index (χ0) is 29.2. The van der Waals surface area contributed by atoms with Gasteiger partial charge in [0, 0.05) is 30.2 Å². The number of benzene rings is 2. The SMILES string of the molecule is COc1ccc(NC(=O)O[C@H]2CCOC[C@H]2Oc2cc3sc(-c4cc(C)cc5nc(OC)cnc45)nc3cc2F)cn1. The summed E-state index contributed by atoms with van der Waals surface area (Å²) in [6.45, 7) is 2.47. The summed E-state index contributed by atoms with van der Waals surface area (Å²) < 4.78 is 43.4. The summed E-state index contributed by atoms with van der Waals surface area (Å²) in [6.07, 6.45) is 1.33. The van der Waals surface area contributed by atoms with Crippen LogP contribution in [0.4, 0.5) is 14.9 Å². The summed E-state index contributed by atoms with van der Waals surface area (Å²) in [4.78, 5) is 30.3. The molecule has 1 aliphatic heterocycles. The Morgan fingerprint density at radius 1 is 1.02 bits per heavy atom. The van der Waals surface area contributed by atoms with E-state index in [1.807, 2.05) is 19.1 Å². The molecule has 13 heteroatoms. The van der Waals surface area contributed by atoms with Gasteiger partial charge >= 0.3 is 6.09 Å². The van der Waals surface area contributed by atoms with Crippen molar-refractivity contribution in [3.8, 4) is 28.1 Å². The van der Waals surface area contributed by atoms with Crippen LogP contribution in [0.15, 0.2) is 48.8 Å². The fraction of sp³-hybridized carbons (Fsp3) is 0.276. The number of amides is 1. The van der Waals surface area contributed by atoms with E-state index in [1.54, 1.807) is 24.4 Å². The number of halogens is 1. The van der Waals surface area contributed by atoms with E-state index in [-0.39, 0.29) is 12.4 Å². The summed E-state index contributed by atoms with van der Waals surface area (Å²) in [5.74, 6) is 0.258. The Morgan fingerprint density at radius 3 is 2.67 bits per heavy atom. The highest BCUT2D eigenvalue weighted by Gasteiger charge is 2.32. The lowest BCUT2D eigenvalue weighted by Gasteiger charge is -2.31. The largest absolute Gasteiger partial charge is 0.481 e. The van der Waals surface area contributed by atoms with Crippen molar-refractivity contribution >= 4 is 44.4 Å². The second-order valence-corrected chi connectivity index (χ2v) is 10.6. The van der Waals surface area contributed by atoms with Gasteiger partial charge in [-0.25, -0.2) is 29.1 Å². The number of thiazole rings is 1. The van der Waals surface area contributed by atoms with Crippen LogP contribution in [0, 0.1) is 12.7 Å². The van der Waals surface area contributed by atoms with Crippen molar-refractivity contribution in [1.82, 2.24) is 19.9 Å². The van der Waals surface area contributed by atoms with Crippen LogP contribution < -0.4 is 19.5 Å². The minimum Gasteiger partial charge on any atom is -0.481 e. The van der Waals surface area contributed by atoms with Crippen LogP contribution in [0.2, 0.25) is 0 Å². The van der Waals surface area contributed by atoms with Gasteiger partial charge in [-0.3, -0.25) is 5.32 Å². The number of ether oxygens (including phenoxy) is 5. The van der Waals surface area contributed by atoms with E-state index in [1.165, 1.54) is 37.8 Å². The zero-order valence-corrected chi connectivity index (χ0v) is 23.7. The van der Waals surface area contributed by atoms with Gasteiger partial charge in [-0.05, 0) is 30.7 Å². The molecule has 0 aliphatic carbocycles. The molecule has 2 atom stereocenters. The Kier molecular flexibility index (Phi) is 7.68. The van der Waals surface area contributed by atoms with Crippen LogP contribution in [-0.4, -0.2) is 65.7 Å². The molecule has 0 spiro atoms. The number of nitrogens with zero attached hydrogens (tertiary/aromatic N) is 4.